The van der Waals surface area contributed by atoms with Gasteiger partial charge in [0, 0.05) is 22.7 Å². The predicted molar refractivity (Wildman–Crippen MR) is 101 cm³/mol. The van der Waals surface area contributed by atoms with Crippen molar-refractivity contribution in [3.05, 3.63) is 68.7 Å². The molecule has 7 heteroatoms. The molecular weight excluding hydrogens is 388 g/mol. The van der Waals surface area contributed by atoms with Gasteiger partial charge in [-0.1, -0.05) is 19.1 Å². The summed E-state index contributed by atoms with van der Waals surface area (Å²) in [5, 5.41) is 13.4. The number of nitro benzene ring substituents is 1. The van der Waals surface area contributed by atoms with Gasteiger partial charge in [-0.2, -0.15) is 0 Å². The Labute approximate surface area is 153 Å². The first-order chi connectivity index (χ1) is 12.0. The fraction of sp³-hybridized carbons (Fsp3) is 0.167. The van der Waals surface area contributed by atoms with E-state index in [-0.39, 0.29) is 11.6 Å². The standard InChI is InChI=1S/C18H17BrN2O4/c1-2-11-25-15-7-3-13(4-8-15)5-10-18(22)20-17-9-6-14(21(23)24)12-16(17)19/h3-10,12H,2,11H2,1H3,(H,20,22). The third-order valence-corrected chi connectivity index (χ3v) is 3.86. The highest BCUT2D eigenvalue weighted by molar-refractivity contribution is 9.10. The van der Waals surface area contributed by atoms with Crippen LogP contribution in [0.1, 0.15) is 18.9 Å². The number of nitro groups is 1. The molecule has 6 nitrogen and oxygen atoms in total. The lowest BCUT2D eigenvalue weighted by Gasteiger charge is -2.05. The van der Waals surface area contributed by atoms with Crippen LogP contribution in [0.2, 0.25) is 0 Å². The maximum Gasteiger partial charge on any atom is 0.270 e. The van der Waals surface area contributed by atoms with Crippen LogP contribution in [0.3, 0.4) is 0 Å². The summed E-state index contributed by atoms with van der Waals surface area (Å²) < 4.78 is 5.94. The largest absolute Gasteiger partial charge is 0.494 e. The summed E-state index contributed by atoms with van der Waals surface area (Å²) in [6.45, 7) is 2.71. The van der Waals surface area contributed by atoms with Gasteiger partial charge in [0.05, 0.1) is 17.2 Å². The summed E-state index contributed by atoms with van der Waals surface area (Å²) in [6, 6.07) is 11.6. The molecule has 25 heavy (non-hydrogen) atoms. The van der Waals surface area contributed by atoms with Gasteiger partial charge in [-0.15, -0.1) is 0 Å². The summed E-state index contributed by atoms with van der Waals surface area (Å²) in [4.78, 5) is 22.2. The Kier molecular flexibility index (Phi) is 6.71. The van der Waals surface area contributed by atoms with E-state index in [4.69, 9.17) is 4.74 Å². The molecule has 130 valence electrons. The van der Waals surface area contributed by atoms with Gasteiger partial charge < -0.3 is 10.1 Å². The summed E-state index contributed by atoms with van der Waals surface area (Å²) in [5.74, 6) is 0.458. The molecule has 2 rings (SSSR count). The van der Waals surface area contributed by atoms with E-state index in [0.717, 1.165) is 17.7 Å². The van der Waals surface area contributed by atoms with Crippen molar-refractivity contribution in [3.8, 4) is 5.75 Å². The molecule has 0 aliphatic carbocycles. The zero-order chi connectivity index (χ0) is 18.2. The zero-order valence-corrected chi connectivity index (χ0v) is 15.2. The highest BCUT2D eigenvalue weighted by Gasteiger charge is 2.10. The van der Waals surface area contributed by atoms with Crippen molar-refractivity contribution in [3.63, 3.8) is 0 Å². The van der Waals surface area contributed by atoms with Crippen LogP contribution in [0.25, 0.3) is 6.08 Å². The zero-order valence-electron chi connectivity index (χ0n) is 13.6. The highest BCUT2D eigenvalue weighted by Crippen LogP contribution is 2.27. The van der Waals surface area contributed by atoms with Crippen molar-refractivity contribution < 1.29 is 14.5 Å². The van der Waals surface area contributed by atoms with E-state index < -0.39 is 4.92 Å². The van der Waals surface area contributed by atoms with Gasteiger partial charge >= 0.3 is 0 Å². The number of nitrogens with zero attached hydrogens (tertiary/aromatic N) is 1. The molecule has 0 unspecified atom stereocenters. The normalized spacial score (nSPS) is 10.6. The molecule has 0 saturated heterocycles. The van der Waals surface area contributed by atoms with Crippen molar-refractivity contribution in [1.29, 1.82) is 0 Å². The highest BCUT2D eigenvalue weighted by atomic mass is 79.9. The number of hydrogen-bond acceptors (Lipinski definition) is 4. The smallest absolute Gasteiger partial charge is 0.270 e. The predicted octanol–water partition coefficient (Wildman–Crippen LogP) is 4.80. The minimum Gasteiger partial charge on any atom is -0.494 e. The average Bonchev–Trinajstić information content (AvgIpc) is 2.60. The molecule has 1 amide bonds. The minimum absolute atomic E-state index is 0.0502. The number of hydrogen-bond donors (Lipinski definition) is 1. The fourth-order valence-corrected chi connectivity index (χ4v) is 2.43. The molecule has 0 radical (unpaired) electrons. The van der Waals surface area contributed by atoms with Crippen LogP contribution in [0.15, 0.2) is 53.0 Å². The minimum atomic E-state index is -0.496. The van der Waals surface area contributed by atoms with E-state index in [0.29, 0.717) is 16.8 Å². The molecule has 0 heterocycles. The third-order valence-electron chi connectivity index (χ3n) is 3.20. The Hall–Kier alpha value is -2.67. The van der Waals surface area contributed by atoms with Crippen LogP contribution in [0.5, 0.6) is 5.75 Å². The van der Waals surface area contributed by atoms with E-state index in [1.807, 2.05) is 31.2 Å². The van der Waals surface area contributed by atoms with E-state index >= 15 is 0 Å². The monoisotopic (exact) mass is 404 g/mol. The number of nitrogens with one attached hydrogen (secondary N) is 1. The number of carbonyl (C=O) groups is 1. The summed E-state index contributed by atoms with van der Waals surface area (Å²) in [5.41, 5.74) is 1.27. The number of rotatable bonds is 7. The van der Waals surface area contributed by atoms with Crippen molar-refractivity contribution in [2.75, 3.05) is 11.9 Å². The first-order valence-electron chi connectivity index (χ1n) is 7.65. The summed E-state index contributed by atoms with van der Waals surface area (Å²) in [6.07, 6.45) is 4.02. The number of non-ortho nitro benzene ring substituents is 1. The average molecular weight is 405 g/mol. The number of anilines is 1. The molecule has 0 aliphatic heterocycles. The van der Waals surface area contributed by atoms with E-state index in [9.17, 15) is 14.9 Å². The Morgan fingerprint density at radius 3 is 2.60 bits per heavy atom. The molecule has 2 aromatic rings. The van der Waals surface area contributed by atoms with Gasteiger partial charge in [-0.25, -0.2) is 0 Å². The molecule has 0 aliphatic rings. The van der Waals surface area contributed by atoms with E-state index in [2.05, 4.69) is 21.2 Å². The number of carbonyl (C=O) groups excluding carboxylic acids is 1. The molecule has 0 aromatic heterocycles. The number of benzene rings is 2. The van der Waals surface area contributed by atoms with E-state index in [1.165, 1.54) is 24.3 Å². The van der Waals surface area contributed by atoms with Gasteiger partial charge in [0.2, 0.25) is 5.91 Å². The molecule has 0 saturated carbocycles. The lowest BCUT2D eigenvalue weighted by molar-refractivity contribution is -0.384. The number of ether oxygens (including phenoxy) is 1. The maximum atomic E-state index is 12.0. The van der Waals surface area contributed by atoms with Crippen LogP contribution in [0.4, 0.5) is 11.4 Å². The van der Waals surface area contributed by atoms with Gasteiger partial charge in [0.1, 0.15) is 5.75 Å². The van der Waals surface area contributed by atoms with Gasteiger partial charge in [-0.3, -0.25) is 14.9 Å². The molecule has 0 atom stereocenters. The van der Waals surface area contributed by atoms with Gasteiger partial charge in [-0.05, 0) is 52.2 Å². The summed E-state index contributed by atoms with van der Waals surface area (Å²) in [7, 11) is 0. The number of amides is 1. The van der Waals surface area contributed by atoms with Crippen LogP contribution >= 0.6 is 15.9 Å². The maximum absolute atomic E-state index is 12.0. The van der Waals surface area contributed by atoms with Crippen LogP contribution in [-0.4, -0.2) is 17.4 Å². The quantitative estimate of drug-likeness (QED) is 0.408. The van der Waals surface area contributed by atoms with Gasteiger partial charge in [0.15, 0.2) is 0 Å². The molecule has 0 bridgehead atoms. The summed E-state index contributed by atoms with van der Waals surface area (Å²) >= 11 is 3.21. The van der Waals surface area contributed by atoms with Crippen LogP contribution < -0.4 is 10.1 Å². The van der Waals surface area contributed by atoms with Gasteiger partial charge in [0.25, 0.3) is 5.69 Å². The van der Waals surface area contributed by atoms with Crippen molar-refractivity contribution in [2.45, 2.75) is 13.3 Å². The van der Waals surface area contributed by atoms with Crippen molar-refractivity contribution >= 4 is 39.3 Å². The Bertz CT molecular complexity index is 788. The molecule has 2 aromatic carbocycles. The van der Waals surface area contributed by atoms with E-state index in [1.54, 1.807) is 6.08 Å². The lowest BCUT2D eigenvalue weighted by Crippen LogP contribution is -2.08. The second-order valence-electron chi connectivity index (χ2n) is 5.16. The Morgan fingerprint density at radius 2 is 2.00 bits per heavy atom. The van der Waals surface area contributed by atoms with Crippen LogP contribution in [-0.2, 0) is 4.79 Å². The Balaban J connectivity index is 1.97. The molecule has 0 fully saturated rings. The molecule has 1 N–H and O–H groups in total. The second kappa shape index (κ2) is 8.98. The third kappa shape index (κ3) is 5.72. The number of halogens is 1. The lowest BCUT2D eigenvalue weighted by atomic mass is 10.2. The van der Waals surface area contributed by atoms with Crippen molar-refractivity contribution in [1.82, 2.24) is 0 Å². The first kappa shape index (κ1) is 18.7. The topological polar surface area (TPSA) is 81.5 Å². The van der Waals surface area contributed by atoms with Crippen molar-refractivity contribution in [2.24, 2.45) is 0 Å². The van der Waals surface area contributed by atoms with Crippen LogP contribution in [0, 0.1) is 10.1 Å². The molecular formula is C18H17BrN2O4. The molecule has 0 spiro atoms. The first-order valence-corrected chi connectivity index (χ1v) is 8.44. The SMILES string of the molecule is CCCOc1ccc(C=CC(=O)Nc2ccc([N+](=O)[O-])cc2Br)cc1. The Morgan fingerprint density at radius 1 is 1.28 bits per heavy atom. The fourth-order valence-electron chi connectivity index (χ4n) is 1.96. The second-order valence-corrected chi connectivity index (χ2v) is 6.02.